The Morgan fingerprint density at radius 2 is 1.95 bits per heavy atom. The molecule has 0 atom stereocenters. The van der Waals surface area contributed by atoms with Gasteiger partial charge in [-0.3, -0.25) is 4.98 Å². The van der Waals surface area contributed by atoms with Crippen LogP contribution in [0.1, 0.15) is 22.4 Å². The third kappa shape index (κ3) is 3.87. The van der Waals surface area contributed by atoms with Crippen LogP contribution in [0.4, 0.5) is 0 Å². The van der Waals surface area contributed by atoms with Crippen LogP contribution < -0.4 is 10.5 Å². The molecule has 0 unspecified atom stereocenters. The van der Waals surface area contributed by atoms with Gasteiger partial charge in [-0.05, 0) is 48.7 Å². The highest BCUT2D eigenvalue weighted by Gasteiger charge is 2.14. The van der Waals surface area contributed by atoms with Crippen molar-refractivity contribution in [2.24, 2.45) is 5.73 Å². The minimum Gasteiger partial charge on any atom is -0.326 e. The highest BCUT2D eigenvalue weighted by Crippen LogP contribution is 2.15. The number of pyridine rings is 1. The molecule has 0 aliphatic carbocycles. The quantitative estimate of drug-likeness (QED) is 0.879. The summed E-state index contributed by atoms with van der Waals surface area (Å²) >= 11 is 0. The maximum absolute atomic E-state index is 12.3. The van der Waals surface area contributed by atoms with Gasteiger partial charge in [-0.1, -0.05) is 12.1 Å². The Labute approximate surface area is 125 Å². The molecule has 0 saturated heterocycles. The van der Waals surface area contributed by atoms with Gasteiger partial charge in [0.2, 0.25) is 10.0 Å². The average molecular weight is 305 g/mol. The zero-order valence-corrected chi connectivity index (χ0v) is 12.9. The second-order valence-corrected chi connectivity index (χ2v) is 6.69. The van der Waals surface area contributed by atoms with E-state index in [0.717, 1.165) is 22.4 Å². The number of hydrogen-bond acceptors (Lipinski definition) is 4. The standard InChI is InChI=1S/C15H19N3O2S/c1-11-7-15(6-5-14(11)8-16)21(19,20)18-10-13-4-3-12(2)17-9-13/h3-7,9,18H,8,10,16H2,1-2H3. The van der Waals surface area contributed by atoms with Crippen molar-refractivity contribution in [1.82, 2.24) is 9.71 Å². The number of aryl methyl sites for hydroxylation is 2. The zero-order valence-electron chi connectivity index (χ0n) is 12.1. The number of nitrogens with two attached hydrogens (primary N) is 1. The lowest BCUT2D eigenvalue weighted by Gasteiger charge is -2.09. The van der Waals surface area contributed by atoms with Crippen LogP contribution in [0, 0.1) is 13.8 Å². The lowest BCUT2D eigenvalue weighted by atomic mass is 10.1. The first kappa shape index (κ1) is 15.6. The van der Waals surface area contributed by atoms with E-state index < -0.39 is 10.0 Å². The summed E-state index contributed by atoms with van der Waals surface area (Å²) in [4.78, 5) is 4.39. The zero-order chi connectivity index (χ0) is 15.5. The van der Waals surface area contributed by atoms with Gasteiger partial charge in [-0.2, -0.15) is 0 Å². The topological polar surface area (TPSA) is 85.1 Å². The molecule has 1 heterocycles. The molecule has 3 N–H and O–H groups in total. The molecule has 21 heavy (non-hydrogen) atoms. The minimum atomic E-state index is -3.53. The molecule has 0 bridgehead atoms. The van der Waals surface area contributed by atoms with Gasteiger partial charge in [0.05, 0.1) is 4.90 Å². The van der Waals surface area contributed by atoms with Gasteiger partial charge in [-0.15, -0.1) is 0 Å². The lowest BCUT2D eigenvalue weighted by Crippen LogP contribution is -2.23. The van der Waals surface area contributed by atoms with Crippen molar-refractivity contribution in [3.8, 4) is 0 Å². The van der Waals surface area contributed by atoms with Gasteiger partial charge < -0.3 is 5.73 Å². The molecule has 0 spiro atoms. The first-order chi connectivity index (χ1) is 9.92. The summed E-state index contributed by atoms with van der Waals surface area (Å²) in [5.74, 6) is 0. The van der Waals surface area contributed by atoms with E-state index in [9.17, 15) is 8.42 Å². The Hall–Kier alpha value is -1.76. The number of nitrogens with zero attached hydrogens (tertiary/aromatic N) is 1. The highest BCUT2D eigenvalue weighted by molar-refractivity contribution is 7.89. The summed E-state index contributed by atoms with van der Waals surface area (Å²) in [7, 11) is -3.53. The molecule has 112 valence electrons. The maximum Gasteiger partial charge on any atom is 0.240 e. The Balaban J connectivity index is 2.14. The number of rotatable bonds is 5. The van der Waals surface area contributed by atoms with Crippen LogP contribution in [0.3, 0.4) is 0 Å². The molecule has 0 fully saturated rings. The maximum atomic E-state index is 12.3. The van der Waals surface area contributed by atoms with Crippen LogP contribution >= 0.6 is 0 Å². The molecule has 0 aliphatic heterocycles. The van der Waals surface area contributed by atoms with Crippen molar-refractivity contribution < 1.29 is 8.42 Å². The third-order valence-electron chi connectivity index (χ3n) is 3.28. The van der Waals surface area contributed by atoms with Crippen molar-refractivity contribution in [1.29, 1.82) is 0 Å². The predicted octanol–water partition coefficient (Wildman–Crippen LogP) is 1.64. The fourth-order valence-corrected chi connectivity index (χ4v) is 3.03. The third-order valence-corrected chi connectivity index (χ3v) is 4.68. The number of benzene rings is 1. The Kier molecular flexibility index (Phi) is 4.72. The molecule has 6 heteroatoms. The second-order valence-electron chi connectivity index (χ2n) is 4.92. The summed E-state index contributed by atoms with van der Waals surface area (Å²) in [5, 5.41) is 0. The average Bonchev–Trinajstić information content (AvgIpc) is 2.46. The Morgan fingerprint density at radius 3 is 2.52 bits per heavy atom. The van der Waals surface area contributed by atoms with Crippen molar-refractivity contribution in [2.45, 2.75) is 31.8 Å². The fourth-order valence-electron chi connectivity index (χ4n) is 1.93. The minimum absolute atomic E-state index is 0.216. The van der Waals surface area contributed by atoms with E-state index in [1.54, 1.807) is 24.4 Å². The molecular weight excluding hydrogens is 286 g/mol. The number of nitrogens with one attached hydrogen (secondary N) is 1. The normalized spacial score (nSPS) is 11.6. The molecule has 1 aromatic carbocycles. The van der Waals surface area contributed by atoms with Gasteiger partial charge in [0, 0.05) is 25.0 Å². The van der Waals surface area contributed by atoms with Crippen molar-refractivity contribution in [2.75, 3.05) is 0 Å². The number of hydrogen-bond donors (Lipinski definition) is 2. The highest BCUT2D eigenvalue weighted by atomic mass is 32.2. The van der Waals surface area contributed by atoms with E-state index in [4.69, 9.17) is 5.73 Å². The number of aromatic nitrogens is 1. The van der Waals surface area contributed by atoms with Gasteiger partial charge in [0.25, 0.3) is 0 Å². The molecular formula is C15H19N3O2S. The monoisotopic (exact) mass is 305 g/mol. The molecule has 0 saturated carbocycles. The lowest BCUT2D eigenvalue weighted by molar-refractivity contribution is 0.581. The first-order valence-corrected chi connectivity index (χ1v) is 8.11. The summed E-state index contributed by atoms with van der Waals surface area (Å²) in [6.45, 7) is 4.35. The number of sulfonamides is 1. The molecule has 0 radical (unpaired) electrons. The van der Waals surface area contributed by atoms with Gasteiger partial charge >= 0.3 is 0 Å². The van der Waals surface area contributed by atoms with E-state index in [0.29, 0.717) is 6.54 Å². The Bertz CT molecular complexity index is 725. The predicted molar refractivity (Wildman–Crippen MR) is 82.1 cm³/mol. The van der Waals surface area contributed by atoms with E-state index in [1.807, 2.05) is 26.0 Å². The van der Waals surface area contributed by atoms with E-state index in [1.165, 1.54) is 0 Å². The molecule has 0 amide bonds. The SMILES string of the molecule is Cc1ccc(CNS(=O)(=O)c2ccc(CN)c(C)c2)cn1. The van der Waals surface area contributed by atoms with Crippen molar-refractivity contribution >= 4 is 10.0 Å². The van der Waals surface area contributed by atoms with E-state index in [2.05, 4.69) is 9.71 Å². The van der Waals surface area contributed by atoms with Crippen LogP contribution in [-0.2, 0) is 23.1 Å². The van der Waals surface area contributed by atoms with E-state index in [-0.39, 0.29) is 11.4 Å². The first-order valence-electron chi connectivity index (χ1n) is 6.63. The summed E-state index contributed by atoms with van der Waals surface area (Å²) in [6.07, 6.45) is 1.67. The fraction of sp³-hybridized carbons (Fsp3) is 0.267. The van der Waals surface area contributed by atoms with Crippen molar-refractivity contribution in [3.05, 3.63) is 58.9 Å². The molecule has 0 aliphatic rings. The smallest absolute Gasteiger partial charge is 0.240 e. The molecule has 5 nitrogen and oxygen atoms in total. The largest absolute Gasteiger partial charge is 0.326 e. The van der Waals surface area contributed by atoms with Gasteiger partial charge in [0.1, 0.15) is 0 Å². The second kappa shape index (κ2) is 6.34. The summed E-state index contributed by atoms with van der Waals surface area (Å²) in [5.41, 5.74) is 9.12. The molecule has 1 aromatic heterocycles. The van der Waals surface area contributed by atoms with Crippen LogP contribution in [0.25, 0.3) is 0 Å². The van der Waals surface area contributed by atoms with Crippen LogP contribution in [-0.4, -0.2) is 13.4 Å². The Morgan fingerprint density at radius 1 is 1.19 bits per heavy atom. The molecule has 2 aromatic rings. The molecule has 2 rings (SSSR count). The van der Waals surface area contributed by atoms with Crippen molar-refractivity contribution in [3.63, 3.8) is 0 Å². The van der Waals surface area contributed by atoms with Crippen LogP contribution in [0.2, 0.25) is 0 Å². The van der Waals surface area contributed by atoms with Gasteiger partial charge in [0.15, 0.2) is 0 Å². The van der Waals surface area contributed by atoms with Crippen LogP contribution in [0.15, 0.2) is 41.4 Å². The van der Waals surface area contributed by atoms with Gasteiger partial charge in [-0.25, -0.2) is 13.1 Å². The van der Waals surface area contributed by atoms with Crippen LogP contribution in [0.5, 0.6) is 0 Å². The summed E-state index contributed by atoms with van der Waals surface area (Å²) in [6, 6.07) is 8.66. The summed E-state index contributed by atoms with van der Waals surface area (Å²) < 4.78 is 27.1. The van der Waals surface area contributed by atoms with E-state index >= 15 is 0 Å².